The van der Waals surface area contributed by atoms with Crippen molar-refractivity contribution >= 4 is 22.2 Å². The molecule has 1 amide bonds. The molecule has 43 heavy (non-hydrogen) atoms. The molecule has 1 atom stereocenters. The number of rotatable bonds is 11. The average molecular weight is 617 g/mol. The van der Waals surface area contributed by atoms with E-state index < -0.39 is 27.7 Å². The molecule has 2 aromatic carbocycles. The van der Waals surface area contributed by atoms with Crippen molar-refractivity contribution in [2.75, 3.05) is 26.2 Å². The maximum absolute atomic E-state index is 13.8. The van der Waals surface area contributed by atoms with Crippen molar-refractivity contribution in [2.45, 2.75) is 48.5 Å². The molecule has 13 heteroatoms. The third-order valence-corrected chi connectivity index (χ3v) is 9.64. The van der Waals surface area contributed by atoms with Crippen LogP contribution in [0.15, 0.2) is 78.0 Å². The maximum Gasteiger partial charge on any atom is 0.573 e. The van der Waals surface area contributed by atoms with Gasteiger partial charge in [-0.2, -0.15) is 4.31 Å². The van der Waals surface area contributed by atoms with E-state index >= 15 is 0 Å². The first kappa shape index (κ1) is 30.6. The van der Waals surface area contributed by atoms with Gasteiger partial charge in [0, 0.05) is 45.1 Å². The van der Waals surface area contributed by atoms with Gasteiger partial charge in [-0.15, -0.1) is 13.2 Å². The molecular formula is C30H31F3N4O5S. The molecule has 2 fully saturated rings. The lowest BCUT2D eigenvalue weighted by Crippen LogP contribution is -2.69. The Morgan fingerprint density at radius 3 is 2.28 bits per heavy atom. The Balaban J connectivity index is 1.37. The summed E-state index contributed by atoms with van der Waals surface area (Å²) >= 11 is 0. The molecule has 1 unspecified atom stereocenters. The highest BCUT2D eigenvalue weighted by Crippen LogP contribution is 2.40. The number of aromatic nitrogens is 1. The summed E-state index contributed by atoms with van der Waals surface area (Å²) in [7, 11) is -4.37. The largest absolute Gasteiger partial charge is 0.573 e. The molecule has 0 radical (unpaired) electrons. The first-order valence-corrected chi connectivity index (χ1v) is 15.2. The lowest BCUT2D eigenvalue weighted by molar-refractivity contribution is -0.274. The minimum atomic E-state index is -4.93. The highest BCUT2D eigenvalue weighted by molar-refractivity contribution is 7.89. The predicted molar refractivity (Wildman–Crippen MR) is 150 cm³/mol. The van der Waals surface area contributed by atoms with Crippen LogP contribution in [0.4, 0.5) is 13.2 Å². The monoisotopic (exact) mass is 616 g/mol. The second kappa shape index (κ2) is 12.4. The van der Waals surface area contributed by atoms with E-state index in [1.807, 2.05) is 12.1 Å². The van der Waals surface area contributed by atoms with E-state index in [9.17, 15) is 31.2 Å². The number of hydrogen-bond donors (Lipinski definition) is 1. The summed E-state index contributed by atoms with van der Waals surface area (Å²) in [5, 5.41) is 3.20. The van der Waals surface area contributed by atoms with Crippen molar-refractivity contribution in [1.29, 1.82) is 0 Å². The number of amides is 1. The minimum absolute atomic E-state index is 0.0244. The Labute approximate surface area is 247 Å². The number of halogens is 3. The molecule has 3 aromatic rings. The lowest BCUT2D eigenvalue weighted by atomic mass is 9.97. The van der Waals surface area contributed by atoms with Gasteiger partial charge in [-0.05, 0) is 71.8 Å². The van der Waals surface area contributed by atoms with Gasteiger partial charge < -0.3 is 19.7 Å². The van der Waals surface area contributed by atoms with Gasteiger partial charge in [0.05, 0.1) is 11.3 Å². The Morgan fingerprint density at radius 1 is 1.00 bits per heavy atom. The van der Waals surface area contributed by atoms with E-state index in [0.29, 0.717) is 18.7 Å². The minimum Gasteiger partial charge on any atom is -0.406 e. The van der Waals surface area contributed by atoms with Crippen LogP contribution in [0.2, 0.25) is 0 Å². The van der Waals surface area contributed by atoms with E-state index in [1.165, 1.54) is 23.3 Å². The lowest BCUT2D eigenvalue weighted by Gasteiger charge is -2.46. The molecule has 228 valence electrons. The van der Waals surface area contributed by atoms with Crippen LogP contribution in [0.5, 0.6) is 5.75 Å². The molecule has 1 aliphatic carbocycles. The predicted octanol–water partition coefficient (Wildman–Crippen LogP) is 3.66. The molecular weight excluding hydrogens is 585 g/mol. The number of alkyl halides is 3. The molecule has 1 aromatic heterocycles. The van der Waals surface area contributed by atoms with E-state index in [1.54, 1.807) is 24.5 Å². The second-order valence-corrected chi connectivity index (χ2v) is 12.6. The van der Waals surface area contributed by atoms with Gasteiger partial charge in [-0.25, -0.2) is 8.42 Å². The summed E-state index contributed by atoms with van der Waals surface area (Å²) in [4.78, 5) is 31.2. The summed E-state index contributed by atoms with van der Waals surface area (Å²) in [5.74, 6) is -0.251. The smallest absolute Gasteiger partial charge is 0.406 e. The van der Waals surface area contributed by atoms with Gasteiger partial charge in [-0.1, -0.05) is 24.3 Å². The molecule has 1 saturated heterocycles. The van der Waals surface area contributed by atoms with Gasteiger partial charge in [0.2, 0.25) is 15.9 Å². The Morgan fingerprint density at radius 2 is 1.67 bits per heavy atom. The summed E-state index contributed by atoms with van der Waals surface area (Å²) in [6, 6.07) is 15.3. The van der Waals surface area contributed by atoms with Crippen LogP contribution in [0.3, 0.4) is 0 Å². The summed E-state index contributed by atoms with van der Waals surface area (Å²) in [6.45, 7) is -0.127. The van der Waals surface area contributed by atoms with Crippen molar-refractivity contribution < 1.29 is 35.9 Å². The molecule has 2 heterocycles. The highest BCUT2D eigenvalue weighted by atomic mass is 32.2. The zero-order valence-corrected chi connectivity index (χ0v) is 24.0. The molecule has 9 nitrogen and oxygen atoms in total. The quantitative estimate of drug-likeness (QED) is 0.328. The van der Waals surface area contributed by atoms with Crippen molar-refractivity contribution in [1.82, 2.24) is 19.5 Å². The van der Waals surface area contributed by atoms with Gasteiger partial charge >= 0.3 is 6.36 Å². The van der Waals surface area contributed by atoms with E-state index in [-0.39, 0.29) is 43.4 Å². The van der Waals surface area contributed by atoms with Crippen LogP contribution in [0.25, 0.3) is 0 Å². The highest BCUT2D eigenvalue weighted by Gasteiger charge is 2.49. The Bertz CT molecular complexity index is 1530. The number of carbonyl (C=O) groups is 2. The number of ether oxygens (including phenoxy) is 1. The third-order valence-electron chi connectivity index (χ3n) is 7.65. The van der Waals surface area contributed by atoms with Crippen LogP contribution in [-0.2, 0) is 32.6 Å². The Hall–Kier alpha value is -3.81. The van der Waals surface area contributed by atoms with E-state index in [0.717, 1.165) is 39.7 Å². The average Bonchev–Trinajstić information content (AvgIpc) is 3.83. The molecule has 1 aliphatic heterocycles. The fourth-order valence-corrected chi connectivity index (χ4v) is 6.95. The SMILES string of the molecule is O=CC1(CNCc2ccc(C3CC3)cc2)CN(C(=O)Cc2ccncc2)CCN1S(=O)(=O)c1ccc(OC(F)(F)F)cc1. The number of aldehydes is 1. The van der Waals surface area contributed by atoms with Gasteiger partial charge in [0.25, 0.3) is 0 Å². The first-order chi connectivity index (χ1) is 20.5. The van der Waals surface area contributed by atoms with Crippen molar-refractivity contribution in [3.05, 3.63) is 89.7 Å². The number of hydrogen-bond acceptors (Lipinski definition) is 7. The molecule has 0 bridgehead atoms. The number of piperazine rings is 1. The van der Waals surface area contributed by atoms with Crippen LogP contribution in [-0.4, -0.2) is 72.9 Å². The molecule has 2 aliphatic rings. The second-order valence-electron chi connectivity index (χ2n) is 10.8. The zero-order chi connectivity index (χ0) is 30.7. The Kier molecular flexibility index (Phi) is 8.86. The third kappa shape index (κ3) is 7.40. The number of benzene rings is 2. The van der Waals surface area contributed by atoms with Crippen LogP contribution < -0.4 is 10.1 Å². The van der Waals surface area contributed by atoms with Gasteiger partial charge in [-0.3, -0.25) is 9.78 Å². The number of pyridine rings is 1. The topological polar surface area (TPSA) is 109 Å². The summed E-state index contributed by atoms with van der Waals surface area (Å²) in [6.07, 6.45) is 1.13. The van der Waals surface area contributed by atoms with Crippen molar-refractivity contribution in [3.63, 3.8) is 0 Å². The fourth-order valence-electron chi connectivity index (χ4n) is 5.25. The van der Waals surface area contributed by atoms with Crippen molar-refractivity contribution in [3.8, 4) is 5.75 Å². The van der Waals surface area contributed by atoms with Crippen LogP contribution in [0, 0.1) is 0 Å². The normalized spacial score (nSPS) is 19.7. The van der Waals surface area contributed by atoms with Gasteiger partial charge in [0.1, 0.15) is 17.6 Å². The zero-order valence-electron chi connectivity index (χ0n) is 23.2. The summed E-state index contributed by atoms with van der Waals surface area (Å²) < 4.78 is 70.4. The van der Waals surface area contributed by atoms with E-state index in [4.69, 9.17) is 0 Å². The molecule has 5 rings (SSSR count). The van der Waals surface area contributed by atoms with E-state index in [2.05, 4.69) is 27.2 Å². The number of carbonyl (C=O) groups excluding carboxylic acids is 2. The first-order valence-electron chi connectivity index (χ1n) is 13.8. The standard InChI is InChI=1S/C30H31F3N4O5S/c31-30(32,33)42-26-7-9-27(10-8-26)43(40,41)37-16-15-36(28(39)17-22-11-13-34-14-12-22)20-29(37,21-38)19-35-18-23-1-3-24(4-2-23)25-5-6-25/h1-4,7-14,21,25,35H,5-6,15-20H2. The van der Waals surface area contributed by atoms with Crippen LogP contribution in [0.1, 0.15) is 35.4 Å². The summed E-state index contributed by atoms with van der Waals surface area (Å²) in [5.41, 5.74) is 1.26. The van der Waals surface area contributed by atoms with Crippen LogP contribution >= 0.6 is 0 Å². The molecule has 1 N–H and O–H groups in total. The number of sulfonamides is 1. The van der Waals surface area contributed by atoms with Crippen molar-refractivity contribution in [2.24, 2.45) is 0 Å². The van der Waals surface area contributed by atoms with Gasteiger partial charge in [0.15, 0.2) is 0 Å². The fraction of sp³-hybridized carbons (Fsp3) is 0.367. The maximum atomic E-state index is 13.8. The molecule has 0 spiro atoms. The number of nitrogens with one attached hydrogen (secondary N) is 1. The number of nitrogens with zero attached hydrogens (tertiary/aromatic N) is 3. The molecule has 1 saturated carbocycles.